The Bertz CT molecular complexity index is 375. The standard InChI is InChI=1S/C13H19ClN2O2.ClH/c1-15-8-4-9-16-13(17)7-10-18-12-6-3-2-5-11(12)14;/h2-3,5-6,15H,4,7-10H2,1H3,(H,16,17);1H. The predicted octanol–water partition coefficient (Wildman–Crippen LogP) is 2.26. The molecule has 108 valence electrons. The number of nitrogens with one attached hydrogen (secondary N) is 2. The molecule has 4 nitrogen and oxygen atoms in total. The first kappa shape index (κ1) is 18.0. The molecule has 1 aromatic rings. The molecule has 0 fully saturated rings. The van der Waals surface area contributed by atoms with Crippen molar-refractivity contribution < 1.29 is 9.53 Å². The molecule has 6 heteroatoms. The van der Waals surface area contributed by atoms with E-state index in [-0.39, 0.29) is 18.3 Å². The summed E-state index contributed by atoms with van der Waals surface area (Å²) in [6.07, 6.45) is 1.26. The van der Waals surface area contributed by atoms with Crippen molar-refractivity contribution in [3.8, 4) is 5.75 Å². The van der Waals surface area contributed by atoms with Gasteiger partial charge in [-0.2, -0.15) is 0 Å². The van der Waals surface area contributed by atoms with Crippen LogP contribution in [0, 0.1) is 0 Å². The van der Waals surface area contributed by atoms with Gasteiger partial charge in [0.05, 0.1) is 18.1 Å². The second-order valence-electron chi connectivity index (χ2n) is 3.84. The lowest BCUT2D eigenvalue weighted by Gasteiger charge is -2.08. The molecule has 1 rings (SSSR count). The molecule has 0 aliphatic rings. The van der Waals surface area contributed by atoms with Crippen molar-refractivity contribution in [2.45, 2.75) is 12.8 Å². The summed E-state index contributed by atoms with van der Waals surface area (Å²) in [5, 5.41) is 6.41. The Morgan fingerprint density at radius 3 is 2.74 bits per heavy atom. The highest BCUT2D eigenvalue weighted by molar-refractivity contribution is 6.32. The highest BCUT2D eigenvalue weighted by Crippen LogP contribution is 2.22. The number of ether oxygens (including phenoxy) is 1. The molecule has 0 unspecified atom stereocenters. The molecule has 1 amide bonds. The third-order valence-electron chi connectivity index (χ3n) is 2.35. The van der Waals surface area contributed by atoms with Crippen LogP contribution in [-0.2, 0) is 4.79 Å². The highest BCUT2D eigenvalue weighted by atomic mass is 35.5. The van der Waals surface area contributed by atoms with E-state index in [1.165, 1.54) is 0 Å². The molecule has 0 aromatic heterocycles. The van der Waals surface area contributed by atoms with Crippen molar-refractivity contribution >= 4 is 29.9 Å². The largest absolute Gasteiger partial charge is 0.491 e. The van der Waals surface area contributed by atoms with Crippen LogP contribution >= 0.6 is 24.0 Å². The number of halogens is 2. The Hall–Kier alpha value is -0.970. The average Bonchev–Trinajstić information content (AvgIpc) is 2.37. The van der Waals surface area contributed by atoms with E-state index in [1.807, 2.05) is 19.2 Å². The van der Waals surface area contributed by atoms with E-state index in [4.69, 9.17) is 16.3 Å². The van der Waals surface area contributed by atoms with E-state index in [0.717, 1.165) is 13.0 Å². The summed E-state index contributed by atoms with van der Waals surface area (Å²) < 4.78 is 5.43. The Morgan fingerprint density at radius 1 is 1.32 bits per heavy atom. The highest BCUT2D eigenvalue weighted by Gasteiger charge is 2.03. The molecule has 0 bridgehead atoms. The summed E-state index contributed by atoms with van der Waals surface area (Å²) in [7, 11) is 1.89. The first-order valence-electron chi connectivity index (χ1n) is 6.02. The number of para-hydroxylation sites is 1. The van der Waals surface area contributed by atoms with Crippen LogP contribution < -0.4 is 15.4 Å². The minimum Gasteiger partial charge on any atom is -0.491 e. The van der Waals surface area contributed by atoms with E-state index in [2.05, 4.69) is 10.6 Å². The Labute approximate surface area is 125 Å². The van der Waals surface area contributed by atoms with Crippen LogP contribution in [-0.4, -0.2) is 32.7 Å². The minimum atomic E-state index is -0.00171. The zero-order valence-corrected chi connectivity index (χ0v) is 12.5. The molecule has 0 atom stereocenters. The Morgan fingerprint density at radius 2 is 2.05 bits per heavy atom. The second kappa shape index (κ2) is 10.9. The van der Waals surface area contributed by atoms with Gasteiger partial charge in [-0.05, 0) is 32.1 Å². The average molecular weight is 307 g/mol. The number of amides is 1. The van der Waals surface area contributed by atoms with Gasteiger partial charge in [0.25, 0.3) is 0 Å². The number of carbonyl (C=O) groups excluding carboxylic acids is 1. The molecule has 1 aromatic carbocycles. The molecular formula is C13H20Cl2N2O2. The van der Waals surface area contributed by atoms with Gasteiger partial charge in [-0.25, -0.2) is 0 Å². The van der Waals surface area contributed by atoms with Gasteiger partial charge < -0.3 is 15.4 Å². The quantitative estimate of drug-likeness (QED) is 0.724. The number of hydrogen-bond acceptors (Lipinski definition) is 3. The minimum absolute atomic E-state index is 0. The monoisotopic (exact) mass is 306 g/mol. The SMILES string of the molecule is CNCCCNC(=O)CCOc1ccccc1Cl.Cl. The third-order valence-corrected chi connectivity index (χ3v) is 2.66. The summed E-state index contributed by atoms with van der Waals surface area (Å²) in [5.74, 6) is 0.611. The summed E-state index contributed by atoms with van der Waals surface area (Å²) in [4.78, 5) is 11.4. The fourth-order valence-electron chi connectivity index (χ4n) is 1.40. The molecule has 0 aliphatic heterocycles. The maximum absolute atomic E-state index is 11.4. The van der Waals surface area contributed by atoms with Gasteiger partial charge in [0.2, 0.25) is 5.91 Å². The molecule has 2 N–H and O–H groups in total. The van der Waals surface area contributed by atoms with Gasteiger partial charge >= 0.3 is 0 Å². The fraction of sp³-hybridized carbons (Fsp3) is 0.462. The van der Waals surface area contributed by atoms with Crippen molar-refractivity contribution in [1.29, 1.82) is 0 Å². The van der Waals surface area contributed by atoms with Gasteiger partial charge in [-0.1, -0.05) is 23.7 Å². The molecule has 0 heterocycles. The van der Waals surface area contributed by atoms with Crippen molar-refractivity contribution in [3.63, 3.8) is 0 Å². The number of hydrogen-bond donors (Lipinski definition) is 2. The van der Waals surface area contributed by atoms with E-state index in [9.17, 15) is 4.79 Å². The lowest BCUT2D eigenvalue weighted by Crippen LogP contribution is -2.27. The van der Waals surface area contributed by atoms with Gasteiger partial charge in [0.1, 0.15) is 5.75 Å². The molecule has 0 aliphatic carbocycles. The van der Waals surface area contributed by atoms with Gasteiger partial charge in [-0.3, -0.25) is 4.79 Å². The van der Waals surface area contributed by atoms with Crippen LogP contribution in [0.3, 0.4) is 0 Å². The summed E-state index contributed by atoms with van der Waals surface area (Å²) in [5.41, 5.74) is 0. The van der Waals surface area contributed by atoms with Crippen LogP contribution in [0.25, 0.3) is 0 Å². The number of benzene rings is 1. The zero-order chi connectivity index (χ0) is 13.2. The lowest BCUT2D eigenvalue weighted by atomic mass is 10.3. The zero-order valence-electron chi connectivity index (χ0n) is 10.9. The summed E-state index contributed by atoms with van der Waals surface area (Å²) >= 11 is 5.93. The molecular weight excluding hydrogens is 287 g/mol. The smallest absolute Gasteiger partial charge is 0.223 e. The normalized spacial score (nSPS) is 9.58. The van der Waals surface area contributed by atoms with Crippen molar-refractivity contribution in [2.24, 2.45) is 0 Å². The number of carbonyl (C=O) groups is 1. The second-order valence-corrected chi connectivity index (χ2v) is 4.24. The maximum Gasteiger partial charge on any atom is 0.223 e. The van der Waals surface area contributed by atoms with Crippen LogP contribution in [0.15, 0.2) is 24.3 Å². The van der Waals surface area contributed by atoms with Crippen LogP contribution in [0.1, 0.15) is 12.8 Å². The first-order chi connectivity index (χ1) is 8.74. The molecule has 0 spiro atoms. The Kier molecular flexibility index (Phi) is 10.4. The first-order valence-corrected chi connectivity index (χ1v) is 6.40. The molecule has 0 radical (unpaired) electrons. The lowest BCUT2D eigenvalue weighted by molar-refractivity contribution is -0.121. The van der Waals surface area contributed by atoms with Crippen molar-refractivity contribution in [3.05, 3.63) is 29.3 Å². The maximum atomic E-state index is 11.4. The molecule has 0 saturated carbocycles. The molecule has 19 heavy (non-hydrogen) atoms. The van der Waals surface area contributed by atoms with E-state index in [1.54, 1.807) is 12.1 Å². The predicted molar refractivity (Wildman–Crippen MR) is 80.4 cm³/mol. The van der Waals surface area contributed by atoms with Gasteiger partial charge in [0.15, 0.2) is 0 Å². The van der Waals surface area contributed by atoms with Gasteiger partial charge in [0, 0.05) is 6.54 Å². The van der Waals surface area contributed by atoms with Gasteiger partial charge in [-0.15, -0.1) is 12.4 Å². The third kappa shape index (κ3) is 7.93. The van der Waals surface area contributed by atoms with Crippen molar-refractivity contribution in [2.75, 3.05) is 26.7 Å². The summed E-state index contributed by atoms with van der Waals surface area (Å²) in [6, 6.07) is 7.23. The van der Waals surface area contributed by atoms with E-state index < -0.39 is 0 Å². The topological polar surface area (TPSA) is 50.4 Å². The summed E-state index contributed by atoms with van der Waals surface area (Å²) in [6.45, 7) is 1.92. The number of rotatable bonds is 8. The Balaban J connectivity index is 0.00000324. The van der Waals surface area contributed by atoms with Crippen molar-refractivity contribution in [1.82, 2.24) is 10.6 Å². The van der Waals surface area contributed by atoms with Crippen LogP contribution in [0.4, 0.5) is 0 Å². The van der Waals surface area contributed by atoms with Crippen LogP contribution in [0.5, 0.6) is 5.75 Å². The van der Waals surface area contributed by atoms with E-state index >= 15 is 0 Å². The fourth-order valence-corrected chi connectivity index (χ4v) is 1.59. The van der Waals surface area contributed by atoms with E-state index in [0.29, 0.717) is 30.3 Å². The van der Waals surface area contributed by atoms with Crippen LogP contribution in [0.2, 0.25) is 5.02 Å². The molecule has 0 saturated heterocycles.